The summed E-state index contributed by atoms with van der Waals surface area (Å²) < 4.78 is 7.58. The zero-order valence-electron chi connectivity index (χ0n) is 12.4. The molecule has 7 nitrogen and oxygen atoms in total. The lowest BCUT2D eigenvalue weighted by atomic mass is 9.97. The van der Waals surface area contributed by atoms with E-state index >= 15 is 0 Å². The Balaban J connectivity index is 2.35. The minimum atomic E-state index is -0.405. The molecule has 0 radical (unpaired) electrons. The van der Waals surface area contributed by atoms with Crippen LogP contribution in [0.4, 0.5) is 5.69 Å². The molecule has 20 heavy (non-hydrogen) atoms. The molecule has 2 heterocycles. The molecule has 1 saturated heterocycles. The predicted molar refractivity (Wildman–Crippen MR) is 75.1 cm³/mol. The minimum Gasteiger partial charge on any atom is -0.468 e. The maximum atomic E-state index is 11.3. The molecule has 0 aliphatic carbocycles. The van der Waals surface area contributed by atoms with Crippen molar-refractivity contribution in [2.75, 3.05) is 13.1 Å². The molecule has 1 aliphatic heterocycles. The fourth-order valence-electron chi connectivity index (χ4n) is 2.45. The van der Waals surface area contributed by atoms with Crippen LogP contribution in [0, 0.1) is 23.0 Å². The van der Waals surface area contributed by atoms with Gasteiger partial charge in [0.15, 0.2) is 0 Å². The standard InChI is InChI=1S/C13H22N4O3/c1-8(2)16-13(12(17(18)19)10(4)15-16)20-11-7-14-6-5-9(11)3/h8-9,11,14H,5-7H2,1-4H3. The van der Waals surface area contributed by atoms with Crippen molar-refractivity contribution >= 4 is 5.69 Å². The predicted octanol–water partition coefficient (Wildman–Crippen LogP) is 2.06. The van der Waals surface area contributed by atoms with Gasteiger partial charge < -0.3 is 10.1 Å². The van der Waals surface area contributed by atoms with E-state index in [-0.39, 0.29) is 23.7 Å². The van der Waals surface area contributed by atoms with Crippen LogP contribution in [0.2, 0.25) is 0 Å². The largest absolute Gasteiger partial charge is 0.468 e. The molecule has 0 saturated carbocycles. The van der Waals surface area contributed by atoms with Crippen LogP contribution in [0.25, 0.3) is 0 Å². The van der Waals surface area contributed by atoms with Gasteiger partial charge in [-0.05, 0) is 39.7 Å². The number of hydrogen-bond acceptors (Lipinski definition) is 5. The molecule has 1 aromatic heterocycles. The van der Waals surface area contributed by atoms with E-state index in [4.69, 9.17) is 4.74 Å². The molecular formula is C13H22N4O3. The first-order valence-electron chi connectivity index (χ1n) is 7.02. The van der Waals surface area contributed by atoms with E-state index in [0.29, 0.717) is 18.2 Å². The third-order valence-electron chi connectivity index (χ3n) is 3.70. The summed E-state index contributed by atoms with van der Waals surface area (Å²) in [6, 6.07) is 0.0178. The summed E-state index contributed by atoms with van der Waals surface area (Å²) in [5.74, 6) is 0.648. The van der Waals surface area contributed by atoms with Crippen LogP contribution in [0.5, 0.6) is 5.88 Å². The second-order valence-corrected chi connectivity index (χ2v) is 5.66. The molecule has 1 aliphatic rings. The summed E-state index contributed by atoms with van der Waals surface area (Å²) in [7, 11) is 0. The zero-order chi connectivity index (χ0) is 14.9. The van der Waals surface area contributed by atoms with E-state index in [1.807, 2.05) is 13.8 Å². The summed E-state index contributed by atoms with van der Waals surface area (Å²) in [6.45, 7) is 9.30. The van der Waals surface area contributed by atoms with E-state index in [0.717, 1.165) is 13.0 Å². The number of aromatic nitrogens is 2. The van der Waals surface area contributed by atoms with Gasteiger partial charge in [0.1, 0.15) is 11.8 Å². The topological polar surface area (TPSA) is 82.2 Å². The monoisotopic (exact) mass is 282 g/mol. The van der Waals surface area contributed by atoms with Crippen molar-refractivity contribution in [3.63, 3.8) is 0 Å². The molecule has 2 rings (SSSR count). The summed E-state index contributed by atoms with van der Waals surface area (Å²) in [4.78, 5) is 10.9. The summed E-state index contributed by atoms with van der Waals surface area (Å²) in [5, 5.41) is 18.8. The molecule has 112 valence electrons. The van der Waals surface area contributed by atoms with Crippen LogP contribution in [-0.2, 0) is 0 Å². The van der Waals surface area contributed by atoms with Crippen LogP contribution in [0.1, 0.15) is 38.9 Å². The molecule has 1 fully saturated rings. The van der Waals surface area contributed by atoms with Gasteiger partial charge in [0, 0.05) is 6.54 Å². The van der Waals surface area contributed by atoms with Crippen molar-refractivity contribution in [2.45, 2.75) is 46.3 Å². The van der Waals surface area contributed by atoms with Crippen LogP contribution in [-0.4, -0.2) is 33.9 Å². The van der Waals surface area contributed by atoms with Crippen LogP contribution < -0.4 is 10.1 Å². The fraction of sp³-hybridized carbons (Fsp3) is 0.769. The molecule has 2 atom stereocenters. The number of aryl methyl sites for hydroxylation is 1. The highest BCUT2D eigenvalue weighted by Gasteiger charge is 2.32. The Morgan fingerprint density at radius 3 is 2.80 bits per heavy atom. The first-order valence-corrected chi connectivity index (χ1v) is 7.02. The van der Waals surface area contributed by atoms with Gasteiger partial charge in [-0.3, -0.25) is 10.1 Å². The first-order chi connectivity index (χ1) is 9.41. The number of nitrogens with one attached hydrogen (secondary N) is 1. The van der Waals surface area contributed by atoms with Crippen molar-refractivity contribution in [3.8, 4) is 5.88 Å². The van der Waals surface area contributed by atoms with Gasteiger partial charge in [0.25, 0.3) is 5.88 Å². The highest BCUT2D eigenvalue weighted by molar-refractivity contribution is 5.46. The minimum absolute atomic E-state index is 0.0172. The number of ether oxygens (including phenoxy) is 1. The van der Waals surface area contributed by atoms with Crippen molar-refractivity contribution in [1.82, 2.24) is 15.1 Å². The Hall–Kier alpha value is -1.63. The number of hydrogen-bond donors (Lipinski definition) is 1. The Bertz CT molecular complexity index is 498. The lowest BCUT2D eigenvalue weighted by Crippen LogP contribution is -2.43. The normalized spacial score (nSPS) is 23.1. The molecule has 2 unspecified atom stereocenters. The fourth-order valence-corrected chi connectivity index (χ4v) is 2.45. The number of nitro groups is 1. The van der Waals surface area contributed by atoms with Gasteiger partial charge in [0.2, 0.25) is 0 Å². The van der Waals surface area contributed by atoms with E-state index in [2.05, 4.69) is 17.3 Å². The molecule has 1 N–H and O–H groups in total. The Morgan fingerprint density at radius 2 is 2.25 bits per heavy atom. The smallest absolute Gasteiger partial charge is 0.353 e. The van der Waals surface area contributed by atoms with Gasteiger partial charge in [-0.25, -0.2) is 4.68 Å². The van der Waals surface area contributed by atoms with E-state index in [1.165, 1.54) is 0 Å². The molecule has 0 amide bonds. The average molecular weight is 282 g/mol. The van der Waals surface area contributed by atoms with Gasteiger partial charge in [-0.1, -0.05) is 6.92 Å². The first kappa shape index (κ1) is 14.8. The van der Waals surface area contributed by atoms with E-state index in [1.54, 1.807) is 11.6 Å². The zero-order valence-corrected chi connectivity index (χ0v) is 12.4. The SMILES string of the molecule is Cc1nn(C(C)C)c(OC2CNCCC2C)c1[N+](=O)[O-]. The number of nitrogens with zero attached hydrogens (tertiary/aromatic N) is 3. The second kappa shape index (κ2) is 5.78. The second-order valence-electron chi connectivity index (χ2n) is 5.66. The third-order valence-corrected chi connectivity index (χ3v) is 3.70. The average Bonchev–Trinajstić information content (AvgIpc) is 2.69. The Morgan fingerprint density at radius 1 is 1.55 bits per heavy atom. The van der Waals surface area contributed by atoms with Gasteiger partial charge in [-0.2, -0.15) is 5.10 Å². The van der Waals surface area contributed by atoms with Gasteiger partial charge in [0.05, 0.1) is 11.0 Å². The van der Waals surface area contributed by atoms with Crippen LogP contribution in [0.15, 0.2) is 0 Å². The number of rotatable bonds is 4. The highest BCUT2D eigenvalue weighted by Crippen LogP contribution is 2.34. The van der Waals surface area contributed by atoms with Gasteiger partial charge in [-0.15, -0.1) is 0 Å². The van der Waals surface area contributed by atoms with E-state index < -0.39 is 4.92 Å². The third kappa shape index (κ3) is 2.77. The molecule has 7 heteroatoms. The van der Waals surface area contributed by atoms with Crippen molar-refractivity contribution < 1.29 is 9.66 Å². The Kier molecular flexibility index (Phi) is 4.27. The quantitative estimate of drug-likeness (QED) is 0.675. The van der Waals surface area contributed by atoms with E-state index in [9.17, 15) is 10.1 Å². The lowest BCUT2D eigenvalue weighted by molar-refractivity contribution is -0.386. The lowest BCUT2D eigenvalue weighted by Gasteiger charge is -2.29. The van der Waals surface area contributed by atoms with Crippen LogP contribution in [0.3, 0.4) is 0 Å². The summed E-state index contributed by atoms with van der Waals surface area (Å²) >= 11 is 0. The maximum Gasteiger partial charge on any atom is 0.353 e. The molecule has 1 aromatic rings. The molecule has 0 aromatic carbocycles. The molecule has 0 bridgehead atoms. The molecular weight excluding hydrogens is 260 g/mol. The Labute approximate surface area is 118 Å². The highest BCUT2D eigenvalue weighted by atomic mass is 16.6. The number of piperidine rings is 1. The molecule has 0 spiro atoms. The maximum absolute atomic E-state index is 11.3. The summed E-state index contributed by atoms with van der Waals surface area (Å²) in [6.07, 6.45) is 0.948. The van der Waals surface area contributed by atoms with Crippen molar-refractivity contribution in [1.29, 1.82) is 0 Å². The van der Waals surface area contributed by atoms with Gasteiger partial charge >= 0.3 is 5.69 Å². The summed E-state index contributed by atoms with van der Waals surface area (Å²) in [5.41, 5.74) is 0.381. The van der Waals surface area contributed by atoms with Crippen molar-refractivity contribution in [2.24, 2.45) is 5.92 Å². The van der Waals surface area contributed by atoms with Crippen molar-refractivity contribution in [3.05, 3.63) is 15.8 Å². The van der Waals surface area contributed by atoms with Crippen LogP contribution >= 0.6 is 0 Å².